The number of nitrogens with one attached hydrogen (secondary N) is 1. The van der Waals surface area contributed by atoms with Crippen molar-refractivity contribution in [1.82, 2.24) is 5.32 Å². The van der Waals surface area contributed by atoms with Gasteiger partial charge in [-0.05, 0) is 36.1 Å². The molecule has 2 aromatic rings. The lowest BCUT2D eigenvalue weighted by Gasteiger charge is -2.18. The minimum absolute atomic E-state index is 0.0255. The average molecular weight is 377 g/mol. The Morgan fingerprint density at radius 2 is 1.67 bits per heavy atom. The van der Waals surface area contributed by atoms with Gasteiger partial charge in [0.2, 0.25) is 5.91 Å². The van der Waals surface area contributed by atoms with Crippen LogP contribution in [0.25, 0.3) is 0 Å². The fourth-order valence-electron chi connectivity index (χ4n) is 2.67. The van der Waals surface area contributed by atoms with E-state index in [-0.39, 0.29) is 30.5 Å². The van der Waals surface area contributed by atoms with Crippen LogP contribution in [0.4, 0.5) is 8.78 Å². The summed E-state index contributed by atoms with van der Waals surface area (Å²) in [6.07, 6.45) is 0.864. The molecule has 27 heavy (non-hydrogen) atoms. The van der Waals surface area contributed by atoms with Crippen molar-refractivity contribution in [1.29, 1.82) is 0 Å². The zero-order valence-electron chi connectivity index (χ0n) is 14.6. The second-order valence-electron chi connectivity index (χ2n) is 6.09. The van der Waals surface area contributed by atoms with Crippen LogP contribution < -0.4 is 10.1 Å². The number of hydrogen-bond donors (Lipinski definition) is 2. The zero-order chi connectivity index (χ0) is 19.6. The maximum absolute atomic E-state index is 12.3. The minimum atomic E-state index is -2.90. The van der Waals surface area contributed by atoms with Crippen molar-refractivity contribution >= 4 is 11.9 Å². The van der Waals surface area contributed by atoms with E-state index in [1.54, 1.807) is 12.1 Å². The number of hydrogen-bond acceptors (Lipinski definition) is 3. The van der Waals surface area contributed by atoms with Gasteiger partial charge in [-0.1, -0.05) is 42.5 Å². The van der Waals surface area contributed by atoms with Crippen LogP contribution in [0, 0.1) is 0 Å². The second-order valence-corrected chi connectivity index (χ2v) is 6.09. The Kier molecular flexibility index (Phi) is 7.73. The number of rotatable bonds is 10. The topological polar surface area (TPSA) is 75.6 Å². The number of carbonyl (C=O) groups is 2. The van der Waals surface area contributed by atoms with Crippen LogP contribution in [0.15, 0.2) is 54.6 Å². The van der Waals surface area contributed by atoms with Crippen LogP contribution >= 0.6 is 0 Å². The highest BCUT2D eigenvalue weighted by molar-refractivity contribution is 5.79. The van der Waals surface area contributed by atoms with E-state index in [0.717, 1.165) is 5.56 Å². The third kappa shape index (κ3) is 7.85. The lowest BCUT2D eigenvalue weighted by Crippen LogP contribution is -2.37. The Bertz CT molecular complexity index is 735. The Labute approximate surface area is 156 Å². The first-order chi connectivity index (χ1) is 12.9. The van der Waals surface area contributed by atoms with E-state index in [9.17, 15) is 18.4 Å². The van der Waals surface area contributed by atoms with Gasteiger partial charge in [-0.2, -0.15) is 8.78 Å². The lowest BCUT2D eigenvalue weighted by molar-refractivity contribution is -0.137. The average Bonchev–Trinajstić information content (AvgIpc) is 2.62. The Balaban J connectivity index is 1.94. The van der Waals surface area contributed by atoms with E-state index in [1.807, 2.05) is 30.3 Å². The molecule has 0 aromatic heterocycles. The van der Waals surface area contributed by atoms with Gasteiger partial charge in [0.05, 0.1) is 6.42 Å². The molecule has 7 heteroatoms. The summed E-state index contributed by atoms with van der Waals surface area (Å²) in [5.74, 6) is -1.15. The molecule has 2 aromatic carbocycles. The number of aliphatic carboxylic acids is 1. The van der Waals surface area contributed by atoms with E-state index in [1.165, 1.54) is 12.1 Å². The van der Waals surface area contributed by atoms with Crippen LogP contribution in [0.5, 0.6) is 5.75 Å². The molecule has 2 N–H and O–H groups in total. The minimum Gasteiger partial charge on any atom is -0.481 e. The SMILES string of the molecule is O=C(O)CCC(Cc1ccccc1)NC(=O)Cc1ccc(OC(F)F)cc1. The van der Waals surface area contributed by atoms with Gasteiger partial charge in [-0.3, -0.25) is 9.59 Å². The molecular weight excluding hydrogens is 356 g/mol. The quantitative estimate of drug-likeness (QED) is 0.665. The summed E-state index contributed by atoms with van der Waals surface area (Å²) in [5, 5.41) is 11.8. The van der Waals surface area contributed by atoms with E-state index in [0.29, 0.717) is 18.4 Å². The van der Waals surface area contributed by atoms with Crippen LogP contribution in [0.2, 0.25) is 0 Å². The van der Waals surface area contributed by atoms with Crippen molar-refractivity contribution in [2.75, 3.05) is 0 Å². The van der Waals surface area contributed by atoms with E-state index in [4.69, 9.17) is 5.11 Å². The molecule has 0 aliphatic rings. The van der Waals surface area contributed by atoms with Crippen LogP contribution in [-0.4, -0.2) is 29.6 Å². The van der Waals surface area contributed by atoms with Crippen molar-refractivity contribution in [3.63, 3.8) is 0 Å². The van der Waals surface area contributed by atoms with Gasteiger partial charge in [0.1, 0.15) is 5.75 Å². The van der Waals surface area contributed by atoms with Gasteiger partial charge in [0, 0.05) is 12.5 Å². The smallest absolute Gasteiger partial charge is 0.387 e. The molecule has 0 radical (unpaired) electrons. The summed E-state index contributed by atoms with van der Waals surface area (Å²) < 4.78 is 28.6. The molecule has 0 spiro atoms. The van der Waals surface area contributed by atoms with Gasteiger partial charge in [0.25, 0.3) is 0 Å². The highest BCUT2D eigenvalue weighted by Gasteiger charge is 2.15. The van der Waals surface area contributed by atoms with Gasteiger partial charge in [-0.25, -0.2) is 0 Å². The molecule has 0 heterocycles. The maximum Gasteiger partial charge on any atom is 0.387 e. The fourth-order valence-corrected chi connectivity index (χ4v) is 2.67. The summed E-state index contributed by atoms with van der Waals surface area (Å²) in [7, 11) is 0. The summed E-state index contributed by atoms with van der Waals surface area (Å²) in [6.45, 7) is -2.90. The molecule has 0 fully saturated rings. The second kappa shape index (κ2) is 10.3. The summed E-state index contributed by atoms with van der Waals surface area (Å²) in [5.41, 5.74) is 1.65. The molecule has 0 bridgehead atoms. The first-order valence-electron chi connectivity index (χ1n) is 8.51. The highest BCUT2D eigenvalue weighted by Crippen LogP contribution is 2.15. The predicted molar refractivity (Wildman–Crippen MR) is 95.7 cm³/mol. The summed E-state index contributed by atoms with van der Waals surface area (Å²) in [4.78, 5) is 23.2. The number of halogens is 2. The highest BCUT2D eigenvalue weighted by atomic mass is 19.3. The molecule has 0 aliphatic carbocycles. The lowest BCUT2D eigenvalue weighted by atomic mass is 10.0. The molecule has 5 nitrogen and oxygen atoms in total. The third-order valence-electron chi connectivity index (χ3n) is 3.91. The van der Waals surface area contributed by atoms with Gasteiger partial charge in [0.15, 0.2) is 0 Å². The molecule has 144 valence electrons. The van der Waals surface area contributed by atoms with Crippen LogP contribution in [0.3, 0.4) is 0 Å². The molecule has 0 saturated heterocycles. The standard InChI is InChI=1S/C20H21F2NO4/c21-20(22)27-17-9-6-15(7-10-17)13-18(24)23-16(8-11-19(25)26)12-14-4-2-1-3-5-14/h1-7,9-10,16,20H,8,11-13H2,(H,23,24)(H,25,26). The number of amides is 1. The molecule has 0 aliphatic heterocycles. The molecule has 1 unspecified atom stereocenters. The van der Waals surface area contributed by atoms with Gasteiger partial charge in [-0.15, -0.1) is 0 Å². The number of carboxylic acid groups (broad SMARTS) is 1. The molecular formula is C20H21F2NO4. The van der Waals surface area contributed by atoms with Crippen molar-refractivity contribution < 1.29 is 28.2 Å². The number of alkyl halides is 2. The molecule has 0 saturated carbocycles. The number of benzene rings is 2. The molecule has 1 atom stereocenters. The van der Waals surface area contributed by atoms with Gasteiger partial charge >= 0.3 is 12.6 Å². The Hall–Kier alpha value is -2.96. The third-order valence-corrected chi connectivity index (χ3v) is 3.91. The molecule has 1 amide bonds. The normalized spacial score (nSPS) is 11.8. The number of ether oxygens (including phenoxy) is 1. The first kappa shape index (κ1) is 20.4. The molecule has 2 rings (SSSR count). The van der Waals surface area contributed by atoms with Crippen molar-refractivity contribution in [2.24, 2.45) is 0 Å². The Morgan fingerprint density at radius 3 is 2.26 bits per heavy atom. The van der Waals surface area contributed by atoms with Gasteiger partial charge < -0.3 is 15.2 Å². The van der Waals surface area contributed by atoms with Crippen LogP contribution in [-0.2, 0) is 22.4 Å². The van der Waals surface area contributed by atoms with Crippen LogP contribution in [0.1, 0.15) is 24.0 Å². The maximum atomic E-state index is 12.3. The van der Waals surface area contributed by atoms with E-state index in [2.05, 4.69) is 10.1 Å². The summed E-state index contributed by atoms with van der Waals surface area (Å²) >= 11 is 0. The van der Waals surface area contributed by atoms with E-state index >= 15 is 0 Å². The zero-order valence-corrected chi connectivity index (χ0v) is 14.6. The first-order valence-corrected chi connectivity index (χ1v) is 8.51. The van der Waals surface area contributed by atoms with Crippen molar-refractivity contribution in [3.8, 4) is 5.75 Å². The largest absolute Gasteiger partial charge is 0.481 e. The van der Waals surface area contributed by atoms with Crippen molar-refractivity contribution in [2.45, 2.75) is 38.3 Å². The number of carboxylic acids is 1. The summed E-state index contributed by atoms with van der Waals surface area (Å²) in [6, 6.07) is 15.0. The monoisotopic (exact) mass is 377 g/mol. The Morgan fingerprint density at radius 1 is 1.00 bits per heavy atom. The fraction of sp³-hybridized carbons (Fsp3) is 0.300. The van der Waals surface area contributed by atoms with Crippen molar-refractivity contribution in [3.05, 3.63) is 65.7 Å². The number of carbonyl (C=O) groups excluding carboxylic acids is 1. The van der Waals surface area contributed by atoms with E-state index < -0.39 is 12.6 Å². The predicted octanol–water partition coefficient (Wildman–Crippen LogP) is 3.42.